The molecule has 1 atom stereocenters. The Labute approximate surface area is 182 Å². The molecule has 1 N–H and O–H groups in total. The summed E-state index contributed by atoms with van der Waals surface area (Å²) in [6, 6.07) is 21.1. The lowest BCUT2D eigenvalue weighted by Gasteiger charge is -2.39. The monoisotopic (exact) mass is 420 g/mol. The maximum absolute atomic E-state index is 12.5. The van der Waals surface area contributed by atoms with Gasteiger partial charge in [0.2, 0.25) is 0 Å². The van der Waals surface area contributed by atoms with Crippen molar-refractivity contribution in [2.75, 3.05) is 37.6 Å². The first kappa shape index (κ1) is 20.6. The molecule has 1 saturated heterocycles. The molecular weight excluding hydrogens is 392 g/mol. The minimum atomic E-state index is -0.0830. The van der Waals surface area contributed by atoms with E-state index >= 15 is 0 Å². The summed E-state index contributed by atoms with van der Waals surface area (Å²) in [5, 5.41) is 5.89. The number of nitrogens with zero attached hydrogens (tertiary/aromatic N) is 3. The van der Waals surface area contributed by atoms with E-state index in [4.69, 9.17) is 0 Å². The lowest BCUT2D eigenvalue weighted by atomic mass is 10.2. The molecule has 1 fully saturated rings. The first-order valence-electron chi connectivity index (χ1n) is 10.5. The van der Waals surface area contributed by atoms with E-state index in [1.165, 1.54) is 11.3 Å². The van der Waals surface area contributed by atoms with Crippen LogP contribution in [0.3, 0.4) is 0 Å². The second kappa shape index (κ2) is 9.87. The smallest absolute Gasteiger partial charge is 0.270 e. The molecule has 30 heavy (non-hydrogen) atoms. The van der Waals surface area contributed by atoms with Crippen molar-refractivity contribution in [3.8, 4) is 0 Å². The van der Waals surface area contributed by atoms with Gasteiger partial charge in [0.25, 0.3) is 5.91 Å². The molecule has 1 amide bonds. The molecule has 3 aromatic rings. The Morgan fingerprint density at radius 3 is 2.40 bits per heavy atom. The number of amides is 1. The normalized spacial score (nSPS) is 15.7. The van der Waals surface area contributed by atoms with Crippen LogP contribution in [0, 0.1) is 0 Å². The van der Waals surface area contributed by atoms with Gasteiger partial charge in [-0.15, -0.1) is 11.3 Å². The van der Waals surface area contributed by atoms with Gasteiger partial charge in [-0.3, -0.25) is 9.69 Å². The summed E-state index contributed by atoms with van der Waals surface area (Å²) >= 11 is 1.55. The van der Waals surface area contributed by atoms with E-state index in [0.717, 1.165) is 37.6 Å². The third-order valence-electron chi connectivity index (χ3n) is 5.60. The number of hydrogen-bond acceptors (Lipinski definition) is 5. The number of benzene rings is 2. The molecule has 5 nitrogen and oxygen atoms in total. The number of anilines is 1. The zero-order valence-corrected chi connectivity index (χ0v) is 18.1. The molecule has 0 aliphatic carbocycles. The Hall–Kier alpha value is -2.70. The number of rotatable bonds is 7. The summed E-state index contributed by atoms with van der Waals surface area (Å²) in [6.45, 7) is 6.85. The second-order valence-corrected chi connectivity index (χ2v) is 8.65. The van der Waals surface area contributed by atoms with Gasteiger partial charge in [-0.1, -0.05) is 48.5 Å². The molecule has 1 aliphatic rings. The van der Waals surface area contributed by atoms with Gasteiger partial charge in [-0.05, 0) is 24.6 Å². The Morgan fingerprint density at radius 2 is 1.70 bits per heavy atom. The highest BCUT2D eigenvalue weighted by molar-refractivity contribution is 7.09. The first-order chi connectivity index (χ1) is 14.7. The fraction of sp³-hybridized carbons (Fsp3) is 0.333. The highest BCUT2D eigenvalue weighted by Crippen LogP contribution is 2.17. The van der Waals surface area contributed by atoms with Crippen LogP contribution < -0.4 is 10.2 Å². The zero-order valence-electron chi connectivity index (χ0n) is 17.3. The summed E-state index contributed by atoms with van der Waals surface area (Å²) < 4.78 is 0. The summed E-state index contributed by atoms with van der Waals surface area (Å²) in [4.78, 5) is 21.9. The van der Waals surface area contributed by atoms with Crippen molar-refractivity contribution in [1.29, 1.82) is 0 Å². The Balaban J connectivity index is 1.23. The minimum Gasteiger partial charge on any atom is -0.369 e. The SMILES string of the molecule is C[C@H](CNC(=O)c1csc(Cc2ccccc2)n1)N1CCN(c2ccccc2)CC1. The maximum atomic E-state index is 12.5. The van der Waals surface area contributed by atoms with Gasteiger partial charge < -0.3 is 10.2 Å². The fourth-order valence-electron chi connectivity index (χ4n) is 3.79. The lowest BCUT2D eigenvalue weighted by Crippen LogP contribution is -2.52. The van der Waals surface area contributed by atoms with Gasteiger partial charge >= 0.3 is 0 Å². The van der Waals surface area contributed by atoms with Crippen LogP contribution in [0.25, 0.3) is 0 Å². The Morgan fingerprint density at radius 1 is 1.03 bits per heavy atom. The molecule has 0 saturated carbocycles. The maximum Gasteiger partial charge on any atom is 0.270 e. The lowest BCUT2D eigenvalue weighted by molar-refractivity contribution is 0.0930. The molecular formula is C24H28N4OS. The van der Waals surface area contributed by atoms with Crippen molar-refractivity contribution in [1.82, 2.24) is 15.2 Å². The van der Waals surface area contributed by atoms with Crippen LogP contribution in [-0.2, 0) is 6.42 Å². The van der Waals surface area contributed by atoms with Gasteiger partial charge in [0.15, 0.2) is 0 Å². The van der Waals surface area contributed by atoms with Crippen molar-refractivity contribution in [2.45, 2.75) is 19.4 Å². The van der Waals surface area contributed by atoms with Crippen LogP contribution in [-0.4, -0.2) is 54.6 Å². The van der Waals surface area contributed by atoms with Crippen LogP contribution in [0.15, 0.2) is 66.0 Å². The fourth-order valence-corrected chi connectivity index (χ4v) is 4.60. The van der Waals surface area contributed by atoms with E-state index in [1.807, 2.05) is 23.6 Å². The number of carbonyl (C=O) groups excluding carboxylic acids is 1. The predicted molar refractivity (Wildman–Crippen MR) is 123 cm³/mol. The highest BCUT2D eigenvalue weighted by Gasteiger charge is 2.22. The summed E-state index contributed by atoms with van der Waals surface area (Å²) in [5.74, 6) is -0.0830. The molecule has 0 unspecified atom stereocenters. The second-order valence-electron chi connectivity index (χ2n) is 7.71. The summed E-state index contributed by atoms with van der Waals surface area (Å²) in [6.07, 6.45) is 0.765. The standard InChI is InChI=1S/C24H28N4OS/c1-19(27-12-14-28(15-13-27)21-10-6-3-7-11-21)17-25-24(29)22-18-30-23(26-22)16-20-8-4-2-5-9-20/h2-11,18-19H,12-17H2,1H3,(H,25,29)/t19-/m1/s1. The van der Waals surface area contributed by atoms with E-state index < -0.39 is 0 Å². The van der Waals surface area contributed by atoms with Crippen molar-refractivity contribution < 1.29 is 4.79 Å². The molecule has 0 spiro atoms. The molecule has 0 bridgehead atoms. The largest absolute Gasteiger partial charge is 0.369 e. The summed E-state index contributed by atoms with van der Waals surface area (Å²) in [7, 11) is 0. The predicted octanol–water partition coefficient (Wildman–Crippen LogP) is 3.67. The van der Waals surface area contributed by atoms with Crippen molar-refractivity contribution in [2.24, 2.45) is 0 Å². The number of aromatic nitrogens is 1. The quantitative estimate of drug-likeness (QED) is 0.634. The molecule has 1 aromatic heterocycles. The number of carbonyl (C=O) groups is 1. The molecule has 6 heteroatoms. The third kappa shape index (κ3) is 5.26. The van der Waals surface area contributed by atoms with Crippen molar-refractivity contribution >= 4 is 22.9 Å². The third-order valence-corrected chi connectivity index (χ3v) is 6.45. The van der Waals surface area contributed by atoms with E-state index in [9.17, 15) is 4.79 Å². The van der Waals surface area contributed by atoms with Crippen LogP contribution in [0.1, 0.15) is 28.0 Å². The van der Waals surface area contributed by atoms with Crippen LogP contribution in [0.4, 0.5) is 5.69 Å². The van der Waals surface area contributed by atoms with Gasteiger partial charge in [-0.2, -0.15) is 0 Å². The van der Waals surface area contributed by atoms with Crippen LogP contribution in [0.5, 0.6) is 0 Å². The van der Waals surface area contributed by atoms with Gasteiger partial charge in [0.1, 0.15) is 5.69 Å². The molecule has 2 aromatic carbocycles. The molecule has 2 heterocycles. The molecule has 1 aliphatic heterocycles. The van der Waals surface area contributed by atoms with Crippen molar-refractivity contribution in [3.63, 3.8) is 0 Å². The highest BCUT2D eigenvalue weighted by atomic mass is 32.1. The number of thiazole rings is 1. The minimum absolute atomic E-state index is 0.0830. The van der Waals surface area contributed by atoms with Crippen LogP contribution >= 0.6 is 11.3 Å². The number of piperazine rings is 1. The topological polar surface area (TPSA) is 48.5 Å². The Bertz CT molecular complexity index is 936. The first-order valence-corrected chi connectivity index (χ1v) is 11.4. The number of para-hydroxylation sites is 1. The molecule has 4 rings (SSSR count). The average molecular weight is 421 g/mol. The van der Waals surface area contributed by atoms with Gasteiger partial charge in [0, 0.05) is 56.3 Å². The Kier molecular flexibility index (Phi) is 6.77. The van der Waals surface area contributed by atoms with E-state index in [1.54, 1.807) is 11.3 Å². The zero-order chi connectivity index (χ0) is 20.8. The van der Waals surface area contributed by atoms with Gasteiger partial charge in [0.05, 0.1) is 5.01 Å². The number of nitrogens with one attached hydrogen (secondary N) is 1. The average Bonchev–Trinajstić information content (AvgIpc) is 3.27. The molecule has 156 valence electrons. The van der Waals surface area contributed by atoms with Crippen LogP contribution in [0.2, 0.25) is 0 Å². The number of hydrogen-bond donors (Lipinski definition) is 1. The van der Waals surface area contributed by atoms with E-state index in [2.05, 4.69) is 69.5 Å². The van der Waals surface area contributed by atoms with E-state index in [0.29, 0.717) is 18.3 Å². The summed E-state index contributed by atoms with van der Waals surface area (Å²) in [5.41, 5.74) is 3.02. The van der Waals surface area contributed by atoms with Gasteiger partial charge in [-0.25, -0.2) is 4.98 Å². The van der Waals surface area contributed by atoms with E-state index in [-0.39, 0.29) is 5.91 Å². The van der Waals surface area contributed by atoms with Crippen molar-refractivity contribution in [3.05, 3.63) is 82.3 Å². The molecule has 0 radical (unpaired) electrons.